The van der Waals surface area contributed by atoms with E-state index >= 15 is 0 Å². The molecule has 1 aromatic carbocycles. The maximum atomic E-state index is 11.8. The number of hydrogen-bond acceptors (Lipinski definition) is 4. The number of fused-ring (bicyclic) bond motifs is 1. The Bertz CT molecular complexity index is 861. The van der Waals surface area contributed by atoms with Gasteiger partial charge in [0.2, 0.25) is 0 Å². The van der Waals surface area contributed by atoms with Gasteiger partial charge in [0, 0.05) is 36.6 Å². The predicted octanol–water partition coefficient (Wildman–Crippen LogP) is 2.97. The molecule has 0 aliphatic carbocycles. The first-order valence-corrected chi connectivity index (χ1v) is 9.40. The highest BCUT2D eigenvalue weighted by Gasteiger charge is 2.23. The Morgan fingerprint density at radius 2 is 2.21 bits per heavy atom. The molecule has 0 bridgehead atoms. The van der Waals surface area contributed by atoms with E-state index in [1.807, 2.05) is 29.0 Å². The van der Waals surface area contributed by atoms with E-state index in [-0.39, 0.29) is 4.87 Å². The van der Waals surface area contributed by atoms with Gasteiger partial charge in [-0.3, -0.25) is 4.79 Å². The molecule has 3 heterocycles. The van der Waals surface area contributed by atoms with Crippen LogP contribution in [0.25, 0.3) is 11.0 Å². The third-order valence-corrected chi connectivity index (χ3v) is 5.80. The summed E-state index contributed by atoms with van der Waals surface area (Å²) in [4.78, 5) is 22.7. The molecule has 0 amide bonds. The van der Waals surface area contributed by atoms with Crippen molar-refractivity contribution in [1.29, 1.82) is 0 Å². The van der Waals surface area contributed by atoms with Gasteiger partial charge in [-0.15, -0.1) is 0 Å². The number of aryl methyl sites for hydroxylation is 1. The van der Waals surface area contributed by atoms with E-state index in [4.69, 9.17) is 4.98 Å². The van der Waals surface area contributed by atoms with Gasteiger partial charge in [0.15, 0.2) is 0 Å². The molecule has 126 valence electrons. The summed E-state index contributed by atoms with van der Waals surface area (Å²) in [6.45, 7) is 5.83. The van der Waals surface area contributed by atoms with Gasteiger partial charge in [0.25, 0.3) is 0 Å². The molecule has 0 spiro atoms. The Balaban J connectivity index is 1.44. The molecule has 6 heteroatoms. The molecule has 0 saturated carbocycles. The zero-order chi connectivity index (χ0) is 16.5. The van der Waals surface area contributed by atoms with Gasteiger partial charge in [-0.2, -0.15) is 0 Å². The first kappa shape index (κ1) is 15.6. The number of H-pyrrole nitrogens is 1. The van der Waals surface area contributed by atoms with Crippen molar-refractivity contribution >= 4 is 22.4 Å². The number of nitrogens with one attached hydrogen (secondary N) is 1. The molecule has 1 aliphatic rings. The minimum absolute atomic E-state index is 0.151. The summed E-state index contributed by atoms with van der Waals surface area (Å²) in [6, 6.07) is 8.21. The Morgan fingerprint density at radius 1 is 1.33 bits per heavy atom. The Morgan fingerprint density at radius 3 is 3.00 bits per heavy atom. The molecule has 5 nitrogen and oxygen atoms in total. The van der Waals surface area contributed by atoms with Crippen LogP contribution in [0.1, 0.15) is 30.3 Å². The van der Waals surface area contributed by atoms with Gasteiger partial charge in [-0.05, 0) is 38.4 Å². The zero-order valence-electron chi connectivity index (χ0n) is 13.9. The van der Waals surface area contributed by atoms with Gasteiger partial charge >= 0.3 is 4.87 Å². The first-order chi connectivity index (χ1) is 11.7. The molecule has 3 aromatic rings. The van der Waals surface area contributed by atoms with Crippen molar-refractivity contribution in [3.8, 4) is 0 Å². The van der Waals surface area contributed by atoms with Crippen molar-refractivity contribution in [2.75, 3.05) is 19.6 Å². The highest BCUT2D eigenvalue weighted by Crippen LogP contribution is 2.26. The maximum Gasteiger partial charge on any atom is 0.307 e. The van der Waals surface area contributed by atoms with Crippen molar-refractivity contribution in [3.63, 3.8) is 0 Å². The molecule has 0 unspecified atom stereocenters. The summed E-state index contributed by atoms with van der Waals surface area (Å²) in [5.74, 6) is 1.55. The normalized spacial score (nSPS) is 19.1. The SMILES string of the molecule is Cc1csc(=O)n1CCN1CCC[C@@H](c2nc3ccccc3[nH]2)C1. The van der Waals surface area contributed by atoms with Crippen molar-refractivity contribution in [2.24, 2.45) is 0 Å². The number of hydrogen-bond donors (Lipinski definition) is 1. The highest BCUT2D eigenvalue weighted by atomic mass is 32.1. The molecular formula is C18H22N4OS. The number of benzene rings is 1. The van der Waals surface area contributed by atoms with Gasteiger partial charge in [0.05, 0.1) is 11.0 Å². The Hall–Kier alpha value is -1.92. The number of nitrogens with zero attached hydrogens (tertiary/aromatic N) is 3. The minimum atomic E-state index is 0.151. The van der Waals surface area contributed by atoms with E-state index in [1.165, 1.54) is 24.2 Å². The second-order valence-electron chi connectivity index (χ2n) is 6.57. The standard InChI is InChI=1S/C18H22N4OS/c1-13-12-24-18(23)22(13)10-9-21-8-4-5-14(11-21)17-19-15-6-2-3-7-16(15)20-17/h2-3,6-7,12,14H,4-5,8-11H2,1H3,(H,19,20)/t14-/m1/s1. The highest BCUT2D eigenvalue weighted by molar-refractivity contribution is 7.07. The lowest BCUT2D eigenvalue weighted by Gasteiger charge is -2.31. The molecule has 1 aliphatic heterocycles. The average molecular weight is 342 g/mol. The zero-order valence-corrected chi connectivity index (χ0v) is 14.7. The number of aromatic nitrogens is 3. The summed E-state index contributed by atoms with van der Waals surface area (Å²) in [7, 11) is 0. The lowest BCUT2D eigenvalue weighted by Crippen LogP contribution is -2.37. The molecule has 1 fully saturated rings. The molecule has 1 N–H and O–H groups in total. The van der Waals surface area contributed by atoms with Gasteiger partial charge in [-0.25, -0.2) is 4.98 Å². The molecule has 2 aromatic heterocycles. The van der Waals surface area contributed by atoms with E-state index in [0.717, 1.165) is 48.7 Å². The maximum absolute atomic E-state index is 11.8. The van der Waals surface area contributed by atoms with E-state index < -0.39 is 0 Å². The number of para-hydroxylation sites is 2. The molecule has 1 saturated heterocycles. The molecule has 0 radical (unpaired) electrons. The number of aromatic amines is 1. The monoisotopic (exact) mass is 342 g/mol. The van der Waals surface area contributed by atoms with Crippen LogP contribution >= 0.6 is 11.3 Å². The average Bonchev–Trinajstić information content (AvgIpc) is 3.17. The van der Waals surface area contributed by atoms with Crippen molar-refractivity contribution in [2.45, 2.75) is 32.2 Å². The van der Waals surface area contributed by atoms with E-state index in [9.17, 15) is 4.79 Å². The van der Waals surface area contributed by atoms with Crippen LogP contribution in [0.3, 0.4) is 0 Å². The molecular weight excluding hydrogens is 320 g/mol. The number of imidazole rings is 1. The van der Waals surface area contributed by atoms with Crippen molar-refractivity contribution in [3.05, 3.63) is 50.8 Å². The van der Waals surface area contributed by atoms with Gasteiger partial charge < -0.3 is 14.5 Å². The van der Waals surface area contributed by atoms with Crippen molar-refractivity contribution in [1.82, 2.24) is 19.4 Å². The van der Waals surface area contributed by atoms with E-state index in [1.54, 1.807) is 0 Å². The van der Waals surface area contributed by atoms with Gasteiger partial charge in [0.1, 0.15) is 5.82 Å². The second-order valence-corrected chi connectivity index (χ2v) is 7.39. The van der Waals surface area contributed by atoms with Crippen LogP contribution in [0, 0.1) is 6.92 Å². The summed E-state index contributed by atoms with van der Waals surface area (Å²) in [5.41, 5.74) is 3.23. The number of piperidine rings is 1. The molecule has 24 heavy (non-hydrogen) atoms. The quantitative estimate of drug-likeness (QED) is 0.793. The van der Waals surface area contributed by atoms with Gasteiger partial charge in [-0.1, -0.05) is 23.5 Å². The number of thiazole rings is 1. The predicted molar refractivity (Wildman–Crippen MR) is 97.8 cm³/mol. The lowest BCUT2D eigenvalue weighted by molar-refractivity contribution is 0.197. The Kier molecular flexibility index (Phi) is 4.24. The largest absolute Gasteiger partial charge is 0.342 e. The first-order valence-electron chi connectivity index (χ1n) is 8.52. The third kappa shape index (κ3) is 3.03. The van der Waals surface area contributed by atoms with Crippen LogP contribution < -0.4 is 4.87 Å². The molecule has 4 rings (SSSR count). The van der Waals surface area contributed by atoms with Crippen molar-refractivity contribution < 1.29 is 0 Å². The smallest absolute Gasteiger partial charge is 0.307 e. The fourth-order valence-electron chi connectivity index (χ4n) is 3.56. The fourth-order valence-corrected chi connectivity index (χ4v) is 4.32. The van der Waals surface area contributed by atoms with Crippen LogP contribution in [0.15, 0.2) is 34.4 Å². The van der Waals surface area contributed by atoms with Crippen LogP contribution in [0.2, 0.25) is 0 Å². The molecule has 1 atom stereocenters. The summed E-state index contributed by atoms with van der Waals surface area (Å²) in [5, 5.41) is 1.94. The number of rotatable bonds is 4. The third-order valence-electron chi connectivity index (χ3n) is 4.92. The van der Waals surface area contributed by atoms with Crippen LogP contribution in [0.5, 0.6) is 0 Å². The summed E-state index contributed by atoms with van der Waals surface area (Å²) >= 11 is 1.29. The van der Waals surface area contributed by atoms with E-state index in [2.05, 4.69) is 22.0 Å². The fraction of sp³-hybridized carbons (Fsp3) is 0.444. The Labute approximate surface area is 145 Å². The van der Waals surface area contributed by atoms with E-state index in [0.29, 0.717) is 5.92 Å². The summed E-state index contributed by atoms with van der Waals surface area (Å²) in [6.07, 6.45) is 2.35. The summed E-state index contributed by atoms with van der Waals surface area (Å²) < 4.78 is 1.88. The topological polar surface area (TPSA) is 53.9 Å². The second kappa shape index (κ2) is 6.53. The number of likely N-dealkylation sites (tertiary alicyclic amines) is 1. The van der Waals surface area contributed by atoms with Crippen LogP contribution in [-0.2, 0) is 6.54 Å². The van der Waals surface area contributed by atoms with Crippen LogP contribution in [0.4, 0.5) is 0 Å². The lowest BCUT2D eigenvalue weighted by atomic mass is 9.97. The van der Waals surface area contributed by atoms with Crippen LogP contribution in [-0.4, -0.2) is 39.1 Å². The minimum Gasteiger partial charge on any atom is -0.342 e.